The molecule has 0 radical (unpaired) electrons. The summed E-state index contributed by atoms with van der Waals surface area (Å²) in [7, 11) is 9.01. The van der Waals surface area contributed by atoms with E-state index in [9.17, 15) is 54.3 Å². The zero-order valence-electron chi connectivity index (χ0n) is 63.1. The number of aliphatic carboxylic acids is 1. The van der Waals surface area contributed by atoms with E-state index in [-0.39, 0.29) is 79.9 Å². The molecule has 26 heteroatoms. The molecule has 105 heavy (non-hydrogen) atoms. The van der Waals surface area contributed by atoms with Gasteiger partial charge >= 0.3 is 5.97 Å². The maximum atomic E-state index is 14.6. The fourth-order valence-corrected chi connectivity index (χ4v) is 15.6. The fourth-order valence-electron chi connectivity index (χ4n) is 15.1. The molecule has 8 rings (SSSR count). The number of methoxy groups -OCH3 is 2. The third-order valence-electron chi connectivity index (χ3n) is 21.0. The maximum absolute atomic E-state index is 14.6. The lowest BCUT2D eigenvalue weighted by Crippen LogP contribution is -2.70. The van der Waals surface area contributed by atoms with Gasteiger partial charge in [0.1, 0.15) is 22.8 Å². The second-order valence-electron chi connectivity index (χ2n) is 29.4. The van der Waals surface area contributed by atoms with Crippen molar-refractivity contribution in [2.75, 3.05) is 93.0 Å². The number of anilines is 1. The molecular weight excluding hydrogens is 1380 g/mol. The van der Waals surface area contributed by atoms with Crippen molar-refractivity contribution >= 4 is 81.4 Å². The summed E-state index contributed by atoms with van der Waals surface area (Å²) in [5.41, 5.74) is 4.48. The zero-order valence-corrected chi connectivity index (χ0v) is 64.8. The van der Waals surface area contributed by atoms with Gasteiger partial charge in [-0.3, -0.25) is 44.4 Å². The van der Waals surface area contributed by atoms with Crippen LogP contribution >= 0.6 is 24.4 Å². The molecule has 1 heterocycles. The summed E-state index contributed by atoms with van der Waals surface area (Å²) in [6, 6.07) is 20.8. The van der Waals surface area contributed by atoms with Crippen LogP contribution in [-0.4, -0.2) is 205 Å². The molecule has 4 fully saturated rings. The van der Waals surface area contributed by atoms with E-state index in [1.165, 1.54) is 6.92 Å². The topological polar surface area (TPSA) is 292 Å². The number of allylic oxidation sites excluding steroid dienone is 1. The average molecular weight is 1490 g/mol. The third kappa shape index (κ3) is 24.8. The number of amides is 5. The fraction of sp³-hybridized carbons (Fsp3) is 0.595. The Labute approximate surface area is 631 Å². The second kappa shape index (κ2) is 41.9. The number of nitrogens with zero attached hydrogens (tertiary/aromatic N) is 8. The molecule has 4 aliphatic rings. The van der Waals surface area contributed by atoms with E-state index in [4.69, 9.17) is 39.0 Å². The molecule has 1 aromatic heterocycles. The predicted octanol–water partition coefficient (Wildman–Crippen LogP) is 12.7. The molecule has 0 aliphatic heterocycles. The molecule has 3 aromatic carbocycles. The van der Waals surface area contributed by atoms with E-state index in [0.29, 0.717) is 125 Å². The average Bonchev–Trinajstić information content (AvgIpc) is 1.04. The number of hydrogen-bond acceptors (Lipinski definition) is 17. The minimum Gasteiger partial charge on any atom is -0.496 e. The van der Waals surface area contributed by atoms with Crippen LogP contribution in [0.3, 0.4) is 0 Å². The Bertz CT molecular complexity index is 3550. The molecule has 7 N–H and O–H groups in total. The van der Waals surface area contributed by atoms with Crippen LogP contribution in [0.2, 0.25) is 0 Å². The van der Waals surface area contributed by atoms with Gasteiger partial charge in [-0.2, -0.15) is 5.10 Å². The molecule has 0 saturated heterocycles. The van der Waals surface area contributed by atoms with Crippen molar-refractivity contribution in [1.29, 1.82) is 0 Å². The highest BCUT2D eigenvalue weighted by molar-refractivity contribution is 7.80. The van der Waals surface area contributed by atoms with Gasteiger partial charge in [0.2, 0.25) is 17.7 Å². The van der Waals surface area contributed by atoms with Crippen molar-refractivity contribution in [3.8, 4) is 28.4 Å². The van der Waals surface area contributed by atoms with Crippen LogP contribution in [0.5, 0.6) is 11.5 Å². The minimum absolute atomic E-state index is 0.0378. The number of ketones is 1. The van der Waals surface area contributed by atoms with E-state index in [0.717, 1.165) is 143 Å². The van der Waals surface area contributed by atoms with Gasteiger partial charge < -0.3 is 45.2 Å². The predicted molar refractivity (Wildman–Crippen MR) is 413 cm³/mol. The molecule has 576 valence electrons. The first-order chi connectivity index (χ1) is 50.2. The van der Waals surface area contributed by atoms with E-state index >= 15 is 0 Å². The van der Waals surface area contributed by atoms with Gasteiger partial charge in [-0.25, -0.2) is 24.7 Å². The number of aromatic nitrogens is 2. The number of nitrogens with one attached hydrogen (secondary N) is 3. The van der Waals surface area contributed by atoms with Crippen molar-refractivity contribution in [3.63, 3.8) is 0 Å². The SMILES string of the molecule is C=C(CCC(=O)N(O)CCCCCCC(=S)Cc1ccc(NC(=S)N(C)CCCN(C)CCCN(C)C(=O)c2ccc(-n3nc(C(=O)NC4(C(=O)O)C5CC6CC(C5)CC4C6)cc3-c3c(OC)cccc3OC)c(C(C)C)c2)cc1)NCCCCCN(O)C(=O)CCC(=O)CCCCCCN(O)C(C)=O. The van der Waals surface area contributed by atoms with Crippen LogP contribution in [0.1, 0.15) is 213 Å². The number of Topliss-reactive ketones (excluding diaryl/α,β-unsaturated/α-hetero) is 1. The van der Waals surface area contributed by atoms with Gasteiger partial charge in [0.15, 0.2) is 10.8 Å². The summed E-state index contributed by atoms with van der Waals surface area (Å²) in [5.74, 6) is -1.31. The number of hydroxylamine groups is 6. The van der Waals surface area contributed by atoms with Crippen molar-refractivity contribution in [1.82, 2.24) is 50.3 Å². The highest BCUT2D eigenvalue weighted by atomic mass is 32.1. The number of thiocarbonyl (C=S) groups is 2. The largest absolute Gasteiger partial charge is 0.496 e. The van der Waals surface area contributed by atoms with E-state index in [1.807, 2.05) is 75.3 Å². The molecule has 4 aromatic rings. The number of carboxylic acids is 1. The first kappa shape index (κ1) is 84.4. The van der Waals surface area contributed by atoms with Crippen LogP contribution in [0.15, 0.2) is 79.0 Å². The smallest absolute Gasteiger partial charge is 0.330 e. The third-order valence-corrected chi connectivity index (χ3v) is 21.8. The number of carboxylic acid groups (broad SMARTS) is 1. The monoisotopic (exact) mass is 1490 g/mol. The lowest BCUT2D eigenvalue weighted by Gasteiger charge is -2.59. The summed E-state index contributed by atoms with van der Waals surface area (Å²) in [6.45, 7) is 13.6. The number of rotatable bonds is 47. The van der Waals surface area contributed by atoms with Crippen LogP contribution in [0.4, 0.5) is 5.69 Å². The van der Waals surface area contributed by atoms with Crippen molar-refractivity contribution in [3.05, 3.63) is 101 Å². The molecule has 0 atom stereocenters. The Kier molecular flexibility index (Phi) is 33.6. The van der Waals surface area contributed by atoms with Crippen LogP contribution < -0.4 is 25.4 Å². The van der Waals surface area contributed by atoms with Gasteiger partial charge in [-0.05, 0) is 229 Å². The molecule has 4 bridgehead atoms. The van der Waals surface area contributed by atoms with Crippen molar-refractivity contribution in [2.24, 2.45) is 23.7 Å². The van der Waals surface area contributed by atoms with Crippen LogP contribution in [-0.2, 0) is 30.4 Å². The molecule has 5 amide bonds. The summed E-state index contributed by atoms with van der Waals surface area (Å²) < 4.78 is 13.4. The van der Waals surface area contributed by atoms with Gasteiger partial charge in [-0.15, -0.1) is 0 Å². The minimum atomic E-state index is -1.37. The molecule has 4 aliphatic carbocycles. The number of unbranched alkanes of at least 4 members (excludes halogenated alkanes) is 8. The number of benzene rings is 3. The zero-order chi connectivity index (χ0) is 76.3. The number of carbonyl (C=O) groups excluding carboxylic acids is 6. The Balaban J connectivity index is 0.734. The molecule has 24 nitrogen and oxygen atoms in total. The number of hydrogen-bond donors (Lipinski definition) is 7. The first-order valence-corrected chi connectivity index (χ1v) is 38.5. The van der Waals surface area contributed by atoms with Gasteiger partial charge in [0, 0.05) is 109 Å². The first-order valence-electron chi connectivity index (χ1n) is 37.7. The van der Waals surface area contributed by atoms with Crippen molar-refractivity contribution < 1.29 is 63.8 Å². The van der Waals surface area contributed by atoms with E-state index < -0.39 is 29.2 Å². The normalized spacial score (nSPS) is 17.1. The maximum Gasteiger partial charge on any atom is 0.330 e. The Morgan fingerprint density at radius 3 is 1.76 bits per heavy atom. The van der Waals surface area contributed by atoms with Crippen molar-refractivity contribution in [2.45, 2.75) is 193 Å². The summed E-state index contributed by atoms with van der Waals surface area (Å²) in [6.07, 6.45) is 16.7. The van der Waals surface area contributed by atoms with E-state index in [2.05, 4.69) is 46.6 Å². The summed E-state index contributed by atoms with van der Waals surface area (Å²) in [5, 5.41) is 58.2. The Morgan fingerprint density at radius 1 is 0.638 bits per heavy atom. The summed E-state index contributed by atoms with van der Waals surface area (Å²) in [4.78, 5) is 97.2. The molecule has 0 spiro atoms. The molecular formula is C79H115N11O13S2. The number of ether oxygens (including phenoxy) is 2. The molecule has 0 unspecified atom stereocenters. The Hall–Kier alpha value is -7.88. The van der Waals surface area contributed by atoms with Gasteiger partial charge in [0.05, 0.1) is 31.2 Å². The van der Waals surface area contributed by atoms with Gasteiger partial charge in [0.25, 0.3) is 11.8 Å². The highest BCUT2D eigenvalue weighted by Crippen LogP contribution is 2.58. The van der Waals surface area contributed by atoms with Gasteiger partial charge in [-0.1, -0.05) is 76.5 Å². The standard InChI is InChI=1S/C79H115N11O13S2/c1-54(2)66-52-60(31-35-68(66)90-69(74-70(102-8)26-21-27-71(74)103-9)53-67(83-90)75(95)82-79(77(97)98)61-47-58-46-59(49-61)50-62(79)48-58)76(96)85(6)41-22-39-84(5)40-23-42-86(7)78(105)81-63-32-29-57(30-33-63)51-65(104)25-16-11-13-19-44-88(100)72(93)36-28-55(3)80-38-17-14-20-45-89(101)73(94)37-34-64(92)24-15-10-12-18-43-87(99)56(4)91/h21,26-27,29-33,35,52-54,58-59,61-62,80,99-101H,3,10-20,22-25,28,34,36-51H2,1-2,4-9H3,(H,81,105)(H,82,95)(H,97,98). The highest BCUT2D eigenvalue weighted by Gasteiger charge is 2.62. The van der Waals surface area contributed by atoms with Crippen LogP contribution in [0.25, 0.3) is 16.9 Å². The quantitative estimate of drug-likeness (QED) is 0.00936. The number of carbonyl (C=O) groups is 7. The summed E-state index contributed by atoms with van der Waals surface area (Å²) >= 11 is 11.5. The Morgan fingerprint density at radius 2 is 1.19 bits per heavy atom. The molecule has 4 saturated carbocycles. The van der Waals surface area contributed by atoms with E-state index in [1.54, 1.807) is 35.9 Å². The lowest BCUT2D eigenvalue weighted by atomic mass is 9.48. The second-order valence-corrected chi connectivity index (χ2v) is 30.3. The lowest BCUT2D eigenvalue weighted by molar-refractivity contribution is -0.166. The van der Waals surface area contributed by atoms with Crippen LogP contribution in [0, 0.1) is 23.7 Å².